The van der Waals surface area contributed by atoms with Crippen LogP contribution in [-0.2, 0) is 0 Å². The number of carbonyl (C=O) groups is 1. The number of aromatic nitrogens is 1. The van der Waals surface area contributed by atoms with Gasteiger partial charge in [0.25, 0.3) is 5.91 Å². The van der Waals surface area contributed by atoms with Gasteiger partial charge in [-0.1, -0.05) is 13.8 Å². The van der Waals surface area contributed by atoms with Gasteiger partial charge in [-0.3, -0.25) is 4.79 Å². The summed E-state index contributed by atoms with van der Waals surface area (Å²) in [5.41, 5.74) is 4.09. The number of pyridine rings is 1. The highest BCUT2D eigenvalue weighted by molar-refractivity contribution is 7.99. The van der Waals surface area contributed by atoms with E-state index in [4.69, 9.17) is 5.84 Å². The maximum absolute atomic E-state index is 12.7. The minimum Gasteiger partial charge on any atom is -0.334 e. The monoisotopic (exact) mass is 294 g/mol. The number of hydrogen-bond acceptors (Lipinski definition) is 5. The summed E-state index contributed by atoms with van der Waals surface area (Å²) in [6.45, 7) is 7.00. The molecule has 6 heteroatoms. The number of anilines is 1. The largest absolute Gasteiger partial charge is 0.334 e. The van der Waals surface area contributed by atoms with Crippen LogP contribution < -0.4 is 11.3 Å². The summed E-state index contributed by atoms with van der Waals surface area (Å²) in [4.78, 5) is 19.0. The van der Waals surface area contributed by atoms with Gasteiger partial charge in [0.1, 0.15) is 5.82 Å². The first-order valence-corrected chi connectivity index (χ1v) is 8.05. The molecule has 1 aromatic rings. The minimum atomic E-state index is 0.0681. The molecule has 0 saturated carbocycles. The van der Waals surface area contributed by atoms with Crippen LogP contribution in [0.25, 0.3) is 0 Å². The van der Waals surface area contributed by atoms with Crippen molar-refractivity contribution in [2.75, 3.05) is 23.5 Å². The number of amides is 1. The van der Waals surface area contributed by atoms with E-state index in [1.807, 2.05) is 22.7 Å². The van der Waals surface area contributed by atoms with Crippen molar-refractivity contribution in [3.63, 3.8) is 0 Å². The lowest BCUT2D eigenvalue weighted by Gasteiger charge is -2.33. The molecule has 1 unspecified atom stereocenters. The second kappa shape index (κ2) is 6.45. The lowest BCUT2D eigenvalue weighted by molar-refractivity contribution is 0.0716. The van der Waals surface area contributed by atoms with Gasteiger partial charge in [0.2, 0.25) is 0 Å². The molecule has 20 heavy (non-hydrogen) atoms. The van der Waals surface area contributed by atoms with Crippen LogP contribution in [-0.4, -0.2) is 39.9 Å². The Morgan fingerprint density at radius 2 is 2.30 bits per heavy atom. The van der Waals surface area contributed by atoms with Crippen LogP contribution in [0.3, 0.4) is 0 Å². The van der Waals surface area contributed by atoms with Crippen LogP contribution in [0, 0.1) is 0 Å². The Bertz CT molecular complexity index is 492. The van der Waals surface area contributed by atoms with E-state index in [2.05, 4.69) is 31.2 Å². The summed E-state index contributed by atoms with van der Waals surface area (Å²) in [6, 6.07) is 3.87. The number of carbonyl (C=O) groups excluding carboxylic acids is 1. The van der Waals surface area contributed by atoms with E-state index < -0.39 is 0 Å². The van der Waals surface area contributed by atoms with Crippen LogP contribution >= 0.6 is 11.8 Å². The molecule has 1 aromatic heterocycles. The standard InChI is InChI=1S/C14H22N4OS/c1-9(2)12-6-11(7-13(16-12)17-15)14(19)18-4-5-20-8-10(18)3/h6-7,9-10H,4-5,8,15H2,1-3H3,(H,16,17). The molecule has 3 N–H and O–H groups in total. The number of rotatable bonds is 3. The molecule has 0 radical (unpaired) electrons. The number of hydrogen-bond donors (Lipinski definition) is 2. The molecule has 1 fully saturated rings. The third kappa shape index (κ3) is 3.24. The number of nitrogens with two attached hydrogens (primary N) is 1. The fourth-order valence-electron chi connectivity index (χ4n) is 2.24. The van der Waals surface area contributed by atoms with Crippen molar-refractivity contribution in [1.82, 2.24) is 9.88 Å². The molecule has 1 aliphatic heterocycles. The molecule has 110 valence electrons. The zero-order valence-electron chi connectivity index (χ0n) is 12.2. The Kier molecular flexibility index (Phi) is 4.88. The van der Waals surface area contributed by atoms with Crippen LogP contribution in [0.5, 0.6) is 0 Å². The van der Waals surface area contributed by atoms with E-state index in [0.29, 0.717) is 11.4 Å². The summed E-state index contributed by atoms with van der Waals surface area (Å²) in [5, 5.41) is 0. The fraction of sp³-hybridized carbons (Fsp3) is 0.571. The van der Waals surface area contributed by atoms with Crippen molar-refractivity contribution in [1.29, 1.82) is 0 Å². The molecule has 0 spiro atoms. The SMILES string of the molecule is CC(C)c1cc(C(=O)N2CCSCC2C)cc(NN)n1. The average molecular weight is 294 g/mol. The Balaban J connectivity index is 2.30. The van der Waals surface area contributed by atoms with Crippen molar-refractivity contribution < 1.29 is 4.79 Å². The molecule has 5 nitrogen and oxygen atoms in total. The Morgan fingerprint density at radius 3 is 2.90 bits per heavy atom. The molecule has 0 aromatic carbocycles. The summed E-state index contributed by atoms with van der Waals surface area (Å²) < 4.78 is 0. The van der Waals surface area contributed by atoms with E-state index in [-0.39, 0.29) is 17.9 Å². The van der Waals surface area contributed by atoms with Gasteiger partial charge in [-0.2, -0.15) is 11.8 Å². The van der Waals surface area contributed by atoms with Gasteiger partial charge in [0, 0.05) is 35.3 Å². The van der Waals surface area contributed by atoms with Crippen LogP contribution in [0.1, 0.15) is 42.7 Å². The Hall–Kier alpha value is -1.27. The molecule has 0 aliphatic carbocycles. The topological polar surface area (TPSA) is 71.2 Å². The number of nitrogens with one attached hydrogen (secondary N) is 1. The van der Waals surface area contributed by atoms with Crippen molar-refractivity contribution in [3.05, 3.63) is 23.4 Å². The van der Waals surface area contributed by atoms with Crippen molar-refractivity contribution >= 4 is 23.5 Å². The van der Waals surface area contributed by atoms with Gasteiger partial charge in [0.15, 0.2) is 0 Å². The van der Waals surface area contributed by atoms with Crippen LogP contribution in [0.2, 0.25) is 0 Å². The average Bonchev–Trinajstić information content (AvgIpc) is 2.46. The van der Waals surface area contributed by atoms with Crippen molar-refractivity contribution in [2.45, 2.75) is 32.7 Å². The summed E-state index contributed by atoms with van der Waals surface area (Å²) >= 11 is 1.90. The van der Waals surface area contributed by atoms with Crippen molar-refractivity contribution in [3.8, 4) is 0 Å². The number of thioether (sulfide) groups is 1. The third-order valence-electron chi connectivity index (χ3n) is 3.46. The van der Waals surface area contributed by atoms with E-state index in [1.165, 1.54) is 0 Å². The van der Waals surface area contributed by atoms with Crippen molar-refractivity contribution in [2.24, 2.45) is 5.84 Å². The molecule has 0 bridgehead atoms. The molecule has 1 atom stereocenters. The first-order chi connectivity index (χ1) is 9.52. The molecular weight excluding hydrogens is 272 g/mol. The first-order valence-electron chi connectivity index (χ1n) is 6.90. The highest BCUT2D eigenvalue weighted by atomic mass is 32.2. The number of nitrogens with zero attached hydrogens (tertiary/aromatic N) is 2. The highest BCUT2D eigenvalue weighted by Crippen LogP contribution is 2.22. The molecule has 1 saturated heterocycles. The zero-order chi connectivity index (χ0) is 14.7. The quantitative estimate of drug-likeness (QED) is 0.659. The van der Waals surface area contributed by atoms with E-state index in [9.17, 15) is 4.79 Å². The summed E-state index contributed by atoms with van der Waals surface area (Å²) in [6.07, 6.45) is 0. The molecule has 1 amide bonds. The second-order valence-electron chi connectivity index (χ2n) is 5.39. The molecular formula is C14H22N4OS. The highest BCUT2D eigenvalue weighted by Gasteiger charge is 2.25. The fourth-order valence-corrected chi connectivity index (χ4v) is 3.25. The van der Waals surface area contributed by atoms with Gasteiger partial charge in [-0.25, -0.2) is 10.8 Å². The van der Waals surface area contributed by atoms with E-state index in [1.54, 1.807) is 6.07 Å². The van der Waals surface area contributed by atoms with Gasteiger partial charge in [-0.15, -0.1) is 0 Å². The van der Waals surface area contributed by atoms with E-state index in [0.717, 1.165) is 23.7 Å². The third-order valence-corrected chi connectivity index (χ3v) is 4.65. The summed E-state index contributed by atoms with van der Waals surface area (Å²) in [5.74, 6) is 8.31. The van der Waals surface area contributed by atoms with Gasteiger partial charge < -0.3 is 10.3 Å². The normalized spacial score (nSPS) is 19.2. The second-order valence-corrected chi connectivity index (χ2v) is 6.54. The lowest BCUT2D eigenvalue weighted by Crippen LogP contribution is -2.44. The maximum atomic E-state index is 12.7. The van der Waals surface area contributed by atoms with Crippen LogP contribution in [0.4, 0.5) is 5.82 Å². The van der Waals surface area contributed by atoms with Gasteiger partial charge >= 0.3 is 0 Å². The molecule has 2 heterocycles. The minimum absolute atomic E-state index is 0.0681. The molecule has 2 rings (SSSR count). The smallest absolute Gasteiger partial charge is 0.254 e. The Morgan fingerprint density at radius 1 is 1.55 bits per heavy atom. The predicted molar refractivity (Wildman–Crippen MR) is 84.0 cm³/mol. The number of nitrogen functional groups attached to an aromatic ring is 1. The zero-order valence-corrected chi connectivity index (χ0v) is 13.0. The van der Waals surface area contributed by atoms with E-state index >= 15 is 0 Å². The first kappa shape index (κ1) is 15.1. The van der Waals surface area contributed by atoms with Crippen LogP contribution in [0.15, 0.2) is 12.1 Å². The Labute approximate surface area is 124 Å². The van der Waals surface area contributed by atoms with Gasteiger partial charge in [-0.05, 0) is 25.0 Å². The predicted octanol–water partition coefficient (Wildman–Crippen LogP) is 2.07. The summed E-state index contributed by atoms with van der Waals surface area (Å²) in [7, 11) is 0. The lowest BCUT2D eigenvalue weighted by atomic mass is 10.1. The van der Waals surface area contributed by atoms with Gasteiger partial charge in [0.05, 0.1) is 0 Å². The maximum Gasteiger partial charge on any atom is 0.254 e. The molecule has 1 aliphatic rings. The number of hydrazine groups is 1.